The summed E-state index contributed by atoms with van der Waals surface area (Å²) in [6, 6.07) is 23.0. The molecule has 1 atom stereocenters. The van der Waals surface area contributed by atoms with Gasteiger partial charge in [0, 0.05) is 40.1 Å². The highest BCUT2D eigenvalue weighted by molar-refractivity contribution is 8.08. The van der Waals surface area contributed by atoms with Gasteiger partial charge in [-0.25, -0.2) is 0 Å². The Hall–Kier alpha value is -3.09. The highest BCUT2D eigenvalue weighted by Gasteiger charge is 2.24. The van der Waals surface area contributed by atoms with E-state index in [0.29, 0.717) is 12.5 Å². The van der Waals surface area contributed by atoms with Crippen molar-refractivity contribution in [1.29, 1.82) is 0 Å². The zero-order chi connectivity index (χ0) is 25.8. The maximum Gasteiger partial charge on any atom is 0.269 e. The Morgan fingerprint density at radius 1 is 1.08 bits per heavy atom. The van der Waals surface area contributed by atoms with E-state index >= 15 is 0 Å². The van der Waals surface area contributed by atoms with Crippen LogP contribution in [0.5, 0.6) is 5.75 Å². The van der Waals surface area contributed by atoms with E-state index < -0.39 is 0 Å². The van der Waals surface area contributed by atoms with Crippen molar-refractivity contribution < 1.29 is 9.30 Å². The summed E-state index contributed by atoms with van der Waals surface area (Å²) < 4.78 is 11.5. The molecule has 5 rings (SSSR count). The summed E-state index contributed by atoms with van der Waals surface area (Å²) in [5.41, 5.74) is 3.77. The molecule has 0 saturated heterocycles. The van der Waals surface area contributed by atoms with Crippen molar-refractivity contribution in [2.75, 3.05) is 7.11 Å². The van der Waals surface area contributed by atoms with Crippen LogP contribution in [0.1, 0.15) is 43.5 Å². The SMILES string of the molecule is CCC1CCc2cc(OC)ccc2SC1=c1sc(=Cc2cccc[n+]2Cc2ccccc2)n(CC)c1=O. The Kier molecular flexibility index (Phi) is 7.96. The molecule has 2 aromatic heterocycles. The first-order chi connectivity index (χ1) is 18.1. The third kappa shape index (κ3) is 5.46. The summed E-state index contributed by atoms with van der Waals surface area (Å²) in [5.74, 6) is 1.26. The minimum absolute atomic E-state index is 0.127. The summed E-state index contributed by atoms with van der Waals surface area (Å²) in [7, 11) is 1.71. The van der Waals surface area contributed by atoms with Gasteiger partial charge in [0.25, 0.3) is 5.56 Å². The number of fused-ring (bicyclic) bond motifs is 1. The van der Waals surface area contributed by atoms with Crippen LogP contribution in [0.2, 0.25) is 0 Å². The van der Waals surface area contributed by atoms with Gasteiger partial charge in [0.1, 0.15) is 14.9 Å². The first kappa shape index (κ1) is 25.6. The van der Waals surface area contributed by atoms with E-state index in [1.165, 1.54) is 20.9 Å². The van der Waals surface area contributed by atoms with Gasteiger partial charge in [0.2, 0.25) is 5.69 Å². The normalized spacial score (nSPS) is 17.4. The van der Waals surface area contributed by atoms with E-state index in [0.717, 1.165) is 46.4 Å². The summed E-state index contributed by atoms with van der Waals surface area (Å²) in [6.45, 7) is 5.72. The number of methoxy groups -OCH3 is 1. The van der Waals surface area contributed by atoms with Gasteiger partial charge in [-0.1, -0.05) is 49.0 Å². The number of aryl methyl sites for hydroxylation is 1. The lowest BCUT2D eigenvalue weighted by Gasteiger charge is -2.13. The van der Waals surface area contributed by atoms with E-state index in [1.807, 2.05) is 16.7 Å². The summed E-state index contributed by atoms with van der Waals surface area (Å²) >= 11 is 3.42. The first-order valence-electron chi connectivity index (χ1n) is 12.9. The quantitative estimate of drug-likeness (QED) is 0.331. The van der Waals surface area contributed by atoms with Crippen LogP contribution in [-0.2, 0) is 19.5 Å². The van der Waals surface area contributed by atoms with Crippen LogP contribution in [0.4, 0.5) is 0 Å². The number of aromatic nitrogens is 2. The lowest BCUT2D eigenvalue weighted by molar-refractivity contribution is -0.690. The molecule has 37 heavy (non-hydrogen) atoms. The molecule has 2 aromatic carbocycles. The van der Waals surface area contributed by atoms with E-state index in [4.69, 9.17) is 4.74 Å². The molecule has 0 amide bonds. The van der Waals surface area contributed by atoms with E-state index in [9.17, 15) is 4.79 Å². The highest BCUT2D eigenvalue weighted by atomic mass is 32.2. The number of hydrogen-bond donors (Lipinski definition) is 0. The van der Waals surface area contributed by atoms with Crippen molar-refractivity contribution in [1.82, 2.24) is 4.57 Å². The Morgan fingerprint density at radius 3 is 2.65 bits per heavy atom. The van der Waals surface area contributed by atoms with Crippen molar-refractivity contribution in [2.24, 2.45) is 5.92 Å². The van der Waals surface area contributed by atoms with Crippen LogP contribution < -0.4 is 24.1 Å². The molecule has 0 radical (unpaired) electrons. The maximum atomic E-state index is 13.8. The number of thioether (sulfide) groups is 1. The number of rotatable bonds is 6. The Balaban J connectivity index is 1.64. The minimum atomic E-state index is 0.127. The molecule has 4 nitrogen and oxygen atoms in total. The number of hydrogen-bond acceptors (Lipinski definition) is 4. The third-order valence-corrected chi connectivity index (χ3v) is 9.66. The Morgan fingerprint density at radius 2 is 1.89 bits per heavy atom. The van der Waals surface area contributed by atoms with Crippen LogP contribution in [0, 0.1) is 5.92 Å². The van der Waals surface area contributed by atoms with Gasteiger partial charge in [-0.15, -0.1) is 11.3 Å². The summed E-state index contributed by atoms with van der Waals surface area (Å²) in [5, 5.41) is 0. The Bertz CT molecular complexity index is 1570. The van der Waals surface area contributed by atoms with Crippen LogP contribution in [0.15, 0.2) is 82.6 Å². The number of ether oxygens (including phenoxy) is 1. The van der Waals surface area contributed by atoms with Crippen molar-refractivity contribution in [3.63, 3.8) is 0 Å². The zero-order valence-electron chi connectivity index (χ0n) is 21.6. The molecule has 0 N–H and O–H groups in total. The minimum Gasteiger partial charge on any atom is -0.497 e. The zero-order valence-corrected chi connectivity index (χ0v) is 23.3. The lowest BCUT2D eigenvalue weighted by atomic mass is 9.97. The van der Waals surface area contributed by atoms with Crippen LogP contribution >= 0.6 is 23.1 Å². The van der Waals surface area contributed by atoms with Crippen LogP contribution in [0.25, 0.3) is 11.0 Å². The van der Waals surface area contributed by atoms with Crippen molar-refractivity contribution in [3.8, 4) is 5.75 Å². The fourth-order valence-corrected chi connectivity index (χ4v) is 7.64. The van der Waals surface area contributed by atoms with Crippen molar-refractivity contribution in [3.05, 3.63) is 109 Å². The third-order valence-electron chi connectivity index (χ3n) is 7.01. The molecule has 1 aliphatic heterocycles. The van der Waals surface area contributed by atoms with Gasteiger partial charge in [0.15, 0.2) is 12.7 Å². The van der Waals surface area contributed by atoms with Crippen molar-refractivity contribution >= 4 is 34.1 Å². The molecule has 6 heteroatoms. The molecule has 3 heterocycles. The van der Waals surface area contributed by atoms with E-state index in [-0.39, 0.29) is 5.56 Å². The number of pyridine rings is 1. The maximum absolute atomic E-state index is 13.8. The largest absolute Gasteiger partial charge is 0.497 e. The van der Waals surface area contributed by atoms with Crippen LogP contribution in [-0.4, -0.2) is 11.7 Å². The molecule has 1 unspecified atom stereocenters. The molecule has 4 aromatic rings. The molecule has 0 aliphatic carbocycles. The second-order valence-electron chi connectivity index (χ2n) is 9.29. The predicted octanol–water partition coefficient (Wildman–Crippen LogP) is 4.98. The van der Waals surface area contributed by atoms with Gasteiger partial charge < -0.3 is 4.74 Å². The average Bonchev–Trinajstić information content (AvgIpc) is 3.12. The monoisotopic (exact) mass is 529 g/mol. The van der Waals surface area contributed by atoms with Crippen LogP contribution in [0.3, 0.4) is 0 Å². The first-order valence-corrected chi connectivity index (χ1v) is 14.6. The number of thiazole rings is 1. The van der Waals surface area contributed by atoms with Gasteiger partial charge in [0.05, 0.1) is 7.11 Å². The molecule has 1 aliphatic rings. The van der Waals surface area contributed by atoms with Gasteiger partial charge in [-0.2, -0.15) is 4.57 Å². The van der Waals surface area contributed by atoms with E-state index in [1.54, 1.807) is 30.2 Å². The summed E-state index contributed by atoms with van der Waals surface area (Å²) in [4.78, 5) is 16.2. The Labute approximate surface area is 226 Å². The fraction of sp³-hybridized carbons (Fsp3) is 0.290. The van der Waals surface area contributed by atoms with E-state index in [2.05, 4.69) is 85.3 Å². The molecule has 0 saturated carbocycles. The smallest absolute Gasteiger partial charge is 0.269 e. The molecular formula is C31H33N2O2S2+. The van der Waals surface area contributed by atoms with Gasteiger partial charge >= 0.3 is 0 Å². The average molecular weight is 530 g/mol. The second-order valence-corrected chi connectivity index (χ2v) is 11.4. The summed E-state index contributed by atoms with van der Waals surface area (Å²) in [6.07, 6.45) is 7.33. The predicted molar refractivity (Wildman–Crippen MR) is 154 cm³/mol. The number of nitrogens with zero attached hydrogens (tertiary/aromatic N) is 2. The standard InChI is InChI=1S/C31H33N2O2S2/c1-4-23-14-15-24-19-26(35-3)16-17-27(24)36-29(23)30-31(34)33(5-2)28(37-30)20-25-13-9-10-18-32(25)21-22-11-7-6-8-12-22/h6-13,16-20,23H,4-5,14-15,21H2,1-3H3/q+1. The topological polar surface area (TPSA) is 35.1 Å². The molecule has 0 bridgehead atoms. The molecular weight excluding hydrogens is 496 g/mol. The number of benzene rings is 2. The fourth-order valence-electron chi connectivity index (χ4n) is 4.92. The molecule has 0 spiro atoms. The second kappa shape index (κ2) is 11.5. The highest BCUT2D eigenvalue weighted by Crippen LogP contribution is 2.42. The van der Waals surface area contributed by atoms with Gasteiger partial charge in [-0.3, -0.25) is 9.36 Å². The van der Waals surface area contributed by atoms with Gasteiger partial charge in [-0.05, 0) is 61.9 Å². The molecule has 0 fully saturated rings. The lowest BCUT2D eigenvalue weighted by Crippen LogP contribution is -2.38. The molecule has 190 valence electrons. The van der Waals surface area contributed by atoms with Crippen molar-refractivity contribution in [2.45, 2.75) is 51.1 Å².